The van der Waals surface area contributed by atoms with Gasteiger partial charge in [0, 0.05) is 37.6 Å². The van der Waals surface area contributed by atoms with Gasteiger partial charge in [0.1, 0.15) is 0 Å². The highest BCUT2D eigenvalue weighted by Gasteiger charge is 2.46. The molecular weight excluding hydrogens is 352 g/mol. The van der Waals surface area contributed by atoms with E-state index in [1.165, 1.54) is 0 Å². The van der Waals surface area contributed by atoms with Gasteiger partial charge in [0.2, 0.25) is 0 Å². The van der Waals surface area contributed by atoms with Crippen molar-refractivity contribution in [2.75, 3.05) is 32.7 Å². The minimum Gasteiger partial charge on any atom is -0.481 e. The van der Waals surface area contributed by atoms with Crippen LogP contribution in [0, 0.1) is 5.92 Å². The zero-order chi connectivity index (χ0) is 15.9. The molecule has 0 radical (unpaired) electrons. The topological polar surface area (TPSA) is 71.0 Å². The number of hydrogen-bond acceptors (Lipinski definition) is 5. The molecule has 2 atom stereocenters. The average molecular weight is 373 g/mol. The van der Waals surface area contributed by atoms with Gasteiger partial charge in [-0.1, -0.05) is 15.9 Å². The number of carboxylic acid groups (broad SMARTS) is 1. The smallest absolute Gasteiger partial charge is 0.311 e. The van der Waals surface area contributed by atoms with E-state index in [0.717, 1.165) is 36.2 Å². The fourth-order valence-electron chi connectivity index (χ4n) is 3.18. The average Bonchev–Trinajstić information content (AvgIpc) is 2.82. The number of halogens is 1. The molecule has 2 unspecified atom stereocenters. The quantitative estimate of drug-likeness (QED) is 0.784. The van der Waals surface area contributed by atoms with Crippen molar-refractivity contribution in [3.63, 3.8) is 0 Å². The highest BCUT2D eigenvalue weighted by molar-refractivity contribution is 9.11. The molecule has 2 heterocycles. The lowest BCUT2D eigenvalue weighted by Gasteiger charge is -2.33. The van der Waals surface area contributed by atoms with Gasteiger partial charge in [0.25, 0.3) is 5.79 Å². The van der Waals surface area contributed by atoms with Gasteiger partial charge < -0.3 is 19.9 Å². The molecule has 0 aromatic heterocycles. The molecule has 0 saturated carbocycles. The third-order valence-electron chi connectivity index (χ3n) is 4.37. The maximum Gasteiger partial charge on any atom is 0.311 e. The summed E-state index contributed by atoms with van der Waals surface area (Å²) in [6.07, 6.45) is 0.410. The van der Waals surface area contributed by atoms with E-state index in [1.807, 2.05) is 13.8 Å². The Hall–Kier alpha value is -1.05. The normalized spacial score (nSPS) is 32.6. The van der Waals surface area contributed by atoms with Crippen LogP contribution in [-0.4, -0.2) is 54.5 Å². The third kappa shape index (κ3) is 2.89. The van der Waals surface area contributed by atoms with E-state index in [0.29, 0.717) is 24.5 Å². The molecule has 0 spiro atoms. The fraction of sp³-hybridized carbons (Fsp3) is 0.667. The predicted molar refractivity (Wildman–Crippen MR) is 84.3 cm³/mol. The van der Waals surface area contributed by atoms with E-state index >= 15 is 0 Å². The largest absolute Gasteiger partial charge is 0.481 e. The van der Waals surface area contributed by atoms with Crippen LogP contribution in [0.3, 0.4) is 0 Å². The highest BCUT2D eigenvalue weighted by atomic mass is 79.9. The number of fused-ring (bicyclic) bond motifs is 1. The highest BCUT2D eigenvalue weighted by Crippen LogP contribution is 2.46. The van der Waals surface area contributed by atoms with Gasteiger partial charge in [-0.25, -0.2) is 0 Å². The maximum absolute atomic E-state index is 11.4. The number of rotatable bonds is 3. The summed E-state index contributed by atoms with van der Waals surface area (Å²) in [6, 6.07) is 0. The van der Waals surface area contributed by atoms with Gasteiger partial charge in [-0.05, 0) is 18.9 Å². The molecule has 0 bridgehead atoms. The number of hydrogen-bond donors (Lipinski definition) is 2. The van der Waals surface area contributed by atoms with Crippen molar-refractivity contribution in [1.29, 1.82) is 0 Å². The van der Waals surface area contributed by atoms with Crippen molar-refractivity contribution < 1.29 is 19.4 Å². The summed E-state index contributed by atoms with van der Waals surface area (Å²) < 4.78 is 12.9. The Balaban J connectivity index is 1.82. The number of aliphatic carboxylic acids is 1. The van der Waals surface area contributed by atoms with E-state index in [9.17, 15) is 9.90 Å². The Labute approximate surface area is 138 Å². The molecule has 3 rings (SSSR count). The van der Waals surface area contributed by atoms with Crippen molar-refractivity contribution in [2.24, 2.45) is 5.92 Å². The van der Waals surface area contributed by atoms with Gasteiger partial charge >= 0.3 is 5.97 Å². The lowest BCUT2D eigenvalue weighted by atomic mass is 9.91. The molecule has 3 aliphatic rings. The molecule has 2 saturated heterocycles. The van der Waals surface area contributed by atoms with Gasteiger partial charge in [-0.15, -0.1) is 0 Å². The van der Waals surface area contributed by atoms with E-state index in [4.69, 9.17) is 9.47 Å². The zero-order valence-electron chi connectivity index (χ0n) is 12.8. The van der Waals surface area contributed by atoms with Gasteiger partial charge in [0.05, 0.1) is 12.5 Å². The number of nitrogens with one attached hydrogen (secondary N) is 1. The molecular formula is C15H21BrN2O4. The van der Waals surface area contributed by atoms with Crippen LogP contribution < -0.4 is 5.32 Å². The number of carbonyl (C=O) groups is 1. The maximum atomic E-state index is 11.4. The second-order valence-corrected chi connectivity index (χ2v) is 7.16. The zero-order valence-corrected chi connectivity index (χ0v) is 14.4. The molecule has 1 aliphatic carbocycles. The number of piperazine rings is 1. The monoisotopic (exact) mass is 372 g/mol. The molecule has 22 heavy (non-hydrogen) atoms. The Morgan fingerprint density at radius 1 is 1.41 bits per heavy atom. The molecule has 0 aromatic rings. The van der Waals surface area contributed by atoms with E-state index in [1.54, 1.807) is 0 Å². The van der Waals surface area contributed by atoms with Crippen LogP contribution >= 0.6 is 15.9 Å². The van der Waals surface area contributed by atoms with Crippen molar-refractivity contribution in [3.8, 4) is 0 Å². The van der Waals surface area contributed by atoms with Gasteiger partial charge in [0.15, 0.2) is 11.5 Å². The third-order valence-corrected chi connectivity index (χ3v) is 5.06. The number of ether oxygens (including phenoxy) is 2. The first-order valence-electron chi connectivity index (χ1n) is 7.53. The molecule has 2 fully saturated rings. The Morgan fingerprint density at radius 2 is 2.05 bits per heavy atom. The lowest BCUT2D eigenvalue weighted by molar-refractivity contribution is -0.141. The predicted octanol–water partition coefficient (Wildman–Crippen LogP) is 1.64. The molecule has 7 heteroatoms. The van der Waals surface area contributed by atoms with Crippen LogP contribution in [0.2, 0.25) is 0 Å². The lowest BCUT2D eigenvalue weighted by Crippen LogP contribution is -2.49. The summed E-state index contributed by atoms with van der Waals surface area (Å²) in [6.45, 7) is 8.23. The molecule has 0 amide bonds. The first kappa shape index (κ1) is 15.8. The number of carboxylic acids is 1. The summed E-state index contributed by atoms with van der Waals surface area (Å²) in [5.41, 5.74) is 0.731. The standard InChI is InChI=1S/C15H21BrN2O4/c1-9-10(14(19)20)7-11(16)13-12(9)21-15(2,22-13)8-18-5-3-17-4-6-18/h10,17H,3-8H2,1-2H3,(H,19,20). The van der Waals surface area contributed by atoms with Crippen molar-refractivity contribution in [3.05, 3.63) is 21.6 Å². The summed E-state index contributed by atoms with van der Waals surface area (Å²) in [5, 5.41) is 12.7. The second kappa shape index (κ2) is 5.86. The summed E-state index contributed by atoms with van der Waals surface area (Å²) >= 11 is 3.46. The van der Waals surface area contributed by atoms with Crippen molar-refractivity contribution in [2.45, 2.75) is 26.1 Å². The van der Waals surface area contributed by atoms with Gasteiger partial charge in [-0.3, -0.25) is 9.69 Å². The van der Waals surface area contributed by atoms with Crippen LogP contribution in [0.1, 0.15) is 20.3 Å². The number of nitrogens with zero attached hydrogens (tertiary/aromatic N) is 1. The Morgan fingerprint density at radius 3 is 2.68 bits per heavy atom. The first-order chi connectivity index (χ1) is 10.4. The second-order valence-electron chi connectivity index (χ2n) is 6.21. The molecule has 0 aromatic carbocycles. The fourth-order valence-corrected chi connectivity index (χ4v) is 3.76. The van der Waals surface area contributed by atoms with Crippen LogP contribution in [0.5, 0.6) is 0 Å². The molecule has 2 aliphatic heterocycles. The number of allylic oxidation sites excluding steroid dienone is 1. The van der Waals surface area contributed by atoms with Gasteiger partial charge in [-0.2, -0.15) is 0 Å². The molecule has 6 nitrogen and oxygen atoms in total. The minimum atomic E-state index is -0.833. The molecule has 122 valence electrons. The van der Waals surface area contributed by atoms with E-state index in [2.05, 4.69) is 26.1 Å². The SMILES string of the molecule is CC1=C2OC(C)(CN3CCNCC3)OC2=C(Br)CC1C(=O)O. The Bertz CT molecular complexity index is 554. The summed E-state index contributed by atoms with van der Waals surface area (Å²) in [7, 11) is 0. The van der Waals surface area contributed by atoms with Crippen molar-refractivity contribution >= 4 is 21.9 Å². The van der Waals surface area contributed by atoms with Crippen LogP contribution in [-0.2, 0) is 14.3 Å². The Kier molecular flexibility index (Phi) is 4.22. The van der Waals surface area contributed by atoms with E-state index < -0.39 is 17.7 Å². The minimum absolute atomic E-state index is 0.410. The van der Waals surface area contributed by atoms with Crippen LogP contribution in [0.4, 0.5) is 0 Å². The van der Waals surface area contributed by atoms with E-state index in [-0.39, 0.29) is 0 Å². The molecule has 2 N–H and O–H groups in total. The summed E-state index contributed by atoms with van der Waals surface area (Å²) in [4.78, 5) is 13.7. The van der Waals surface area contributed by atoms with Crippen LogP contribution in [0.15, 0.2) is 21.6 Å². The van der Waals surface area contributed by atoms with Crippen LogP contribution in [0.25, 0.3) is 0 Å². The summed E-state index contributed by atoms with van der Waals surface area (Å²) in [5.74, 6) is -0.912. The van der Waals surface area contributed by atoms with Crippen molar-refractivity contribution in [1.82, 2.24) is 10.2 Å². The first-order valence-corrected chi connectivity index (χ1v) is 8.32.